The third kappa shape index (κ3) is 4.20. The highest BCUT2D eigenvalue weighted by Gasteiger charge is 1.98. The molecule has 1 unspecified atom stereocenters. The number of para-hydroxylation sites is 1. The van der Waals surface area contributed by atoms with Crippen molar-refractivity contribution >= 4 is 5.69 Å². The van der Waals surface area contributed by atoms with Gasteiger partial charge in [0.15, 0.2) is 0 Å². The Hall–Kier alpha value is -1.24. The van der Waals surface area contributed by atoms with E-state index in [-0.39, 0.29) is 0 Å². The van der Waals surface area contributed by atoms with Crippen molar-refractivity contribution in [3.05, 3.63) is 42.0 Å². The Morgan fingerprint density at radius 1 is 1.33 bits per heavy atom. The fourth-order valence-electron chi connectivity index (χ4n) is 1.48. The minimum Gasteiger partial charge on any atom is -0.384 e. The first kappa shape index (κ1) is 11.8. The van der Waals surface area contributed by atoms with Gasteiger partial charge >= 0.3 is 0 Å². The van der Waals surface area contributed by atoms with Crippen LogP contribution in [0.15, 0.2) is 36.4 Å². The maximum Gasteiger partial charge on any atom is 0.0370 e. The number of benzene rings is 1. The summed E-state index contributed by atoms with van der Waals surface area (Å²) in [6.45, 7) is 7.53. The van der Waals surface area contributed by atoms with Gasteiger partial charge in [-0.05, 0) is 30.9 Å². The molecular weight excluding hydrogens is 182 g/mol. The van der Waals surface area contributed by atoms with E-state index in [0.29, 0.717) is 5.92 Å². The molecule has 1 nitrogen and oxygen atoms in total. The monoisotopic (exact) mass is 203 g/mol. The topological polar surface area (TPSA) is 12.0 Å². The second kappa shape index (κ2) is 6.28. The van der Waals surface area contributed by atoms with Crippen molar-refractivity contribution in [2.24, 2.45) is 5.92 Å². The van der Waals surface area contributed by atoms with E-state index < -0.39 is 0 Å². The summed E-state index contributed by atoms with van der Waals surface area (Å²) < 4.78 is 0. The predicted molar refractivity (Wildman–Crippen MR) is 68.3 cm³/mol. The minimum atomic E-state index is 0.588. The summed E-state index contributed by atoms with van der Waals surface area (Å²) in [5.41, 5.74) is 2.55. The van der Waals surface area contributed by atoms with E-state index in [4.69, 9.17) is 0 Å². The molecule has 1 rings (SSSR count). The largest absolute Gasteiger partial charge is 0.384 e. The van der Waals surface area contributed by atoms with E-state index in [0.717, 1.165) is 13.0 Å². The average Bonchev–Trinajstić information content (AvgIpc) is 2.25. The van der Waals surface area contributed by atoms with Gasteiger partial charge < -0.3 is 5.32 Å². The van der Waals surface area contributed by atoms with E-state index in [1.807, 2.05) is 0 Å². The highest BCUT2D eigenvalue weighted by Crippen LogP contribution is 2.13. The lowest BCUT2D eigenvalue weighted by molar-refractivity contribution is 0.766. The van der Waals surface area contributed by atoms with Crippen LogP contribution in [-0.2, 0) is 0 Å². The van der Waals surface area contributed by atoms with Crippen LogP contribution in [0.2, 0.25) is 0 Å². The Morgan fingerprint density at radius 2 is 2.07 bits per heavy atom. The smallest absolute Gasteiger partial charge is 0.0370 e. The summed E-state index contributed by atoms with van der Waals surface area (Å²) in [6, 6.07) is 8.41. The second-order valence-electron chi connectivity index (χ2n) is 4.01. The van der Waals surface area contributed by atoms with Crippen molar-refractivity contribution in [3.63, 3.8) is 0 Å². The normalized spacial score (nSPS) is 13.0. The molecular formula is C14H21N. The third-order valence-corrected chi connectivity index (χ3v) is 2.46. The molecule has 0 aliphatic heterocycles. The molecule has 0 amide bonds. The van der Waals surface area contributed by atoms with Crippen molar-refractivity contribution in [3.8, 4) is 0 Å². The Bertz CT molecular complexity index is 315. The quantitative estimate of drug-likeness (QED) is 0.713. The Kier molecular flexibility index (Phi) is 4.96. The van der Waals surface area contributed by atoms with Gasteiger partial charge in [-0.2, -0.15) is 0 Å². The zero-order valence-electron chi connectivity index (χ0n) is 9.96. The molecule has 0 heterocycles. The molecule has 0 spiro atoms. The highest BCUT2D eigenvalue weighted by atomic mass is 14.9. The molecule has 0 radical (unpaired) electrons. The van der Waals surface area contributed by atoms with E-state index in [1.165, 1.54) is 11.3 Å². The average molecular weight is 203 g/mol. The summed E-state index contributed by atoms with van der Waals surface area (Å²) in [5, 5.41) is 3.47. The van der Waals surface area contributed by atoms with E-state index in [9.17, 15) is 0 Å². The van der Waals surface area contributed by atoms with Gasteiger partial charge in [0.2, 0.25) is 0 Å². The molecule has 1 heteroatoms. The van der Waals surface area contributed by atoms with Crippen LogP contribution >= 0.6 is 0 Å². The second-order valence-corrected chi connectivity index (χ2v) is 4.01. The highest BCUT2D eigenvalue weighted by molar-refractivity contribution is 5.50. The number of nitrogens with one attached hydrogen (secondary N) is 1. The summed E-state index contributed by atoms with van der Waals surface area (Å²) >= 11 is 0. The van der Waals surface area contributed by atoms with Gasteiger partial charge in [-0.1, -0.05) is 44.2 Å². The molecule has 0 saturated heterocycles. The summed E-state index contributed by atoms with van der Waals surface area (Å²) in [7, 11) is 0. The third-order valence-electron chi connectivity index (χ3n) is 2.46. The maximum atomic E-state index is 3.47. The minimum absolute atomic E-state index is 0.588. The van der Waals surface area contributed by atoms with E-state index in [2.05, 4.69) is 62.5 Å². The van der Waals surface area contributed by atoms with E-state index in [1.54, 1.807) is 0 Å². The van der Waals surface area contributed by atoms with Gasteiger partial charge in [-0.3, -0.25) is 0 Å². The molecule has 0 aliphatic rings. The molecule has 1 aromatic rings. The van der Waals surface area contributed by atoms with Crippen molar-refractivity contribution < 1.29 is 0 Å². The van der Waals surface area contributed by atoms with Gasteiger partial charge in [0.25, 0.3) is 0 Å². The van der Waals surface area contributed by atoms with Crippen LogP contribution < -0.4 is 5.32 Å². The van der Waals surface area contributed by atoms with Crippen molar-refractivity contribution in [2.45, 2.75) is 27.2 Å². The summed E-state index contributed by atoms with van der Waals surface area (Å²) in [6.07, 6.45) is 5.62. The predicted octanol–water partition coefficient (Wildman–Crippen LogP) is 4.01. The van der Waals surface area contributed by atoms with Crippen LogP contribution in [0.3, 0.4) is 0 Å². The number of aryl methyl sites for hydroxylation is 1. The molecule has 1 aromatic carbocycles. The van der Waals surface area contributed by atoms with Crippen LogP contribution in [0, 0.1) is 12.8 Å². The zero-order valence-corrected chi connectivity index (χ0v) is 9.96. The van der Waals surface area contributed by atoms with Crippen molar-refractivity contribution in [2.75, 3.05) is 11.9 Å². The first-order valence-corrected chi connectivity index (χ1v) is 5.70. The molecule has 0 bridgehead atoms. The molecule has 0 saturated carbocycles. The van der Waals surface area contributed by atoms with Crippen LogP contribution in [0.25, 0.3) is 0 Å². The number of anilines is 1. The molecule has 0 aliphatic carbocycles. The Labute approximate surface area is 93.2 Å². The molecule has 0 aromatic heterocycles. The van der Waals surface area contributed by atoms with Gasteiger partial charge in [0.05, 0.1) is 0 Å². The van der Waals surface area contributed by atoms with Crippen LogP contribution in [0.1, 0.15) is 25.8 Å². The summed E-state index contributed by atoms with van der Waals surface area (Å²) in [5.74, 6) is 0.588. The molecule has 0 fully saturated rings. The Balaban J connectivity index is 2.43. The first-order valence-electron chi connectivity index (χ1n) is 5.70. The Morgan fingerprint density at radius 3 is 2.73 bits per heavy atom. The van der Waals surface area contributed by atoms with Crippen LogP contribution in [0.5, 0.6) is 0 Å². The number of allylic oxidation sites excluding steroid dienone is 1. The fourth-order valence-corrected chi connectivity index (χ4v) is 1.48. The van der Waals surface area contributed by atoms with E-state index >= 15 is 0 Å². The molecule has 82 valence electrons. The summed E-state index contributed by atoms with van der Waals surface area (Å²) in [4.78, 5) is 0. The number of hydrogen-bond donors (Lipinski definition) is 1. The number of rotatable bonds is 5. The van der Waals surface area contributed by atoms with Crippen LogP contribution in [0.4, 0.5) is 5.69 Å². The van der Waals surface area contributed by atoms with Crippen molar-refractivity contribution in [1.29, 1.82) is 0 Å². The zero-order chi connectivity index (χ0) is 11.1. The number of hydrogen-bond acceptors (Lipinski definition) is 1. The maximum absolute atomic E-state index is 3.47. The van der Waals surface area contributed by atoms with Gasteiger partial charge in [0, 0.05) is 12.2 Å². The molecule has 15 heavy (non-hydrogen) atoms. The standard InChI is InChI=1S/C14H21N/c1-4-5-8-12(2)11-15-14-10-7-6-9-13(14)3/h5-10,12,15H,4,11H2,1-3H3/b8-5-. The fraction of sp³-hybridized carbons (Fsp3) is 0.429. The van der Waals surface area contributed by atoms with Gasteiger partial charge in [-0.15, -0.1) is 0 Å². The van der Waals surface area contributed by atoms with Gasteiger partial charge in [-0.25, -0.2) is 0 Å². The molecule has 1 N–H and O–H groups in total. The van der Waals surface area contributed by atoms with Crippen molar-refractivity contribution in [1.82, 2.24) is 0 Å². The SMILES string of the molecule is CC/C=C\C(C)CNc1ccccc1C. The first-order chi connectivity index (χ1) is 7.24. The van der Waals surface area contributed by atoms with Crippen LogP contribution in [-0.4, -0.2) is 6.54 Å². The van der Waals surface area contributed by atoms with Gasteiger partial charge in [0.1, 0.15) is 0 Å². The lowest BCUT2D eigenvalue weighted by atomic mass is 10.1. The molecule has 1 atom stereocenters. The lowest BCUT2D eigenvalue weighted by Crippen LogP contribution is -2.09. The lowest BCUT2D eigenvalue weighted by Gasteiger charge is -2.11.